The summed E-state index contributed by atoms with van der Waals surface area (Å²) in [4.78, 5) is 33.7. The maximum absolute atomic E-state index is 11.7. The number of ether oxygens (including phenoxy) is 3. The smallest absolute Gasteiger partial charge is 0.305 e. The first-order valence-corrected chi connectivity index (χ1v) is 12.0. The third kappa shape index (κ3) is 21.2. The summed E-state index contributed by atoms with van der Waals surface area (Å²) in [5, 5.41) is 0. The first-order valence-electron chi connectivity index (χ1n) is 12.0. The molecule has 180 valence electrons. The average Bonchev–Trinajstić information content (AvgIpc) is 2.69. The molecule has 0 heterocycles. The van der Waals surface area contributed by atoms with Crippen LogP contribution in [0.5, 0.6) is 0 Å². The Hall–Kier alpha value is -1.85. The minimum atomic E-state index is -0.403. The molecular formula is C25H44O6. The molecule has 6 nitrogen and oxygen atoms in total. The predicted octanol–water partition coefficient (Wildman–Crippen LogP) is 6.06. The lowest BCUT2D eigenvalue weighted by molar-refractivity contribution is -0.156. The van der Waals surface area contributed by atoms with Gasteiger partial charge in [-0.1, -0.05) is 57.6 Å². The minimum absolute atomic E-state index is 0.00220. The van der Waals surface area contributed by atoms with Crippen molar-refractivity contribution in [3.8, 4) is 0 Å². The van der Waals surface area contributed by atoms with Gasteiger partial charge >= 0.3 is 17.9 Å². The second-order valence-corrected chi connectivity index (χ2v) is 8.20. The standard InChI is InChI=1S/C25H44O6/c1-5-6-7-14-17-24(31-23(4)27)18-15-12-10-8-9-11-13-16-19-25(28)29-20-21(2)30-22(3)26/h12,15,21,24H,5-11,13-14,16-20H2,1-4H3/b15-12-/t21-,24-/m1/s1. The molecule has 0 aromatic heterocycles. The third-order valence-electron chi connectivity index (χ3n) is 4.88. The van der Waals surface area contributed by atoms with Gasteiger partial charge in [0.1, 0.15) is 18.8 Å². The largest absolute Gasteiger partial charge is 0.462 e. The Labute approximate surface area is 189 Å². The molecule has 0 saturated heterocycles. The van der Waals surface area contributed by atoms with Crippen LogP contribution in [0.4, 0.5) is 0 Å². The number of rotatable bonds is 19. The van der Waals surface area contributed by atoms with Crippen molar-refractivity contribution in [2.45, 2.75) is 123 Å². The van der Waals surface area contributed by atoms with Crippen LogP contribution in [0.25, 0.3) is 0 Å². The second-order valence-electron chi connectivity index (χ2n) is 8.20. The Bertz CT molecular complexity index is 514. The summed E-state index contributed by atoms with van der Waals surface area (Å²) in [7, 11) is 0. The minimum Gasteiger partial charge on any atom is -0.462 e. The first kappa shape index (κ1) is 29.1. The van der Waals surface area contributed by atoms with Gasteiger partial charge < -0.3 is 14.2 Å². The molecule has 0 bridgehead atoms. The molecule has 2 atom stereocenters. The molecule has 0 fully saturated rings. The van der Waals surface area contributed by atoms with E-state index in [1.807, 2.05) is 0 Å². The number of hydrogen-bond donors (Lipinski definition) is 0. The third-order valence-corrected chi connectivity index (χ3v) is 4.88. The first-order chi connectivity index (χ1) is 14.8. The molecule has 0 saturated carbocycles. The van der Waals surface area contributed by atoms with E-state index in [1.165, 1.54) is 33.1 Å². The number of hydrogen-bond acceptors (Lipinski definition) is 6. The molecule has 0 aromatic rings. The fourth-order valence-electron chi connectivity index (χ4n) is 3.29. The molecule has 31 heavy (non-hydrogen) atoms. The van der Waals surface area contributed by atoms with Gasteiger partial charge in [-0.2, -0.15) is 0 Å². The number of esters is 3. The van der Waals surface area contributed by atoms with Gasteiger partial charge in [-0.25, -0.2) is 0 Å². The number of carbonyl (C=O) groups is 3. The maximum Gasteiger partial charge on any atom is 0.305 e. The van der Waals surface area contributed by atoms with E-state index in [-0.39, 0.29) is 30.6 Å². The highest BCUT2D eigenvalue weighted by atomic mass is 16.6. The molecule has 0 aliphatic carbocycles. The Morgan fingerprint density at radius 1 is 0.806 bits per heavy atom. The monoisotopic (exact) mass is 440 g/mol. The summed E-state index contributed by atoms with van der Waals surface area (Å²) in [5.74, 6) is -0.805. The van der Waals surface area contributed by atoms with E-state index in [9.17, 15) is 14.4 Å². The molecule has 0 unspecified atom stereocenters. The topological polar surface area (TPSA) is 78.9 Å². The van der Waals surface area contributed by atoms with Crippen molar-refractivity contribution in [3.05, 3.63) is 12.2 Å². The van der Waals surface area contributed by atoms with Crippen LogP contribution in [0, 0.1) is 0 Å². The SMILES string of the molecule is CCCCCC[C@H](C/C=C\CCCCCCCC(=O)OC[C@@H](C)OC(C)=O)OC(C)=O. The van der Waals surface area contributed by atoms with E-state index in [4.69, 9.17) is 14.2 Å². The number of unbranched alkanes of at least 4 members (excludes halogenated alkanes) is 8. The van der Waals surface area contributed by atoms with E-state index in [2.05, 4.69) is 19.1 Å². The van der Waals surface area contributed by atoms with Gasteiger partial charge in [-0.3, -0.25) is 14.4 Å². The molecule has 0 rings (SSSR count). The van der Waals surface area contributed by atoms with Crippen LogP contribution < -0.4 is 0 Å². The van der Waals surface area contributed by atoms with Gasteiger partial charge in [0, 0.05) is 26.7 Å². The fourth-order valence-corrected chi connectivity index (χ4v) is 3.29. The lowest BCUT2D eigenvalue weighted by Gasteiger charge is -2.15. The summed E-state index contributed by atoms with van der Waals surface area (Å²) in [6.07, 6.45) is 17.0. The van der Waals surface area contributed by atoms with Crippen molar-refractivity contribution in [2.24, 2.45) is 0 Å². The second kappa shape index (κ2) is 20.1. The van der Waals surface area contributed by atoms with Crippen LogP contribution in [0.1, 0.15) is 111 Å². The van der Waals surface area contributed by atoms with Crippen LogP contribution in [0.2, 0.25) is 0 Å². The molecule has 0 aromatic carbocycles. The van der Waals surface area contributed by atoms with Crippen molar-refractivity contribution in [1.29, 1.82) is 0 Å². The summed E-state index contributed by atoms with van der Waals surface area (Å²) in [6, 6.07) is 0. The zero-order valence-corrected chi connectivity index (χ0v) is 20.2. The van der Waals surface area contributed by atoms with Crippen LogP contribution in [-0.4, -0.2) is 36.7 Å². The molecule has 6 heteroatoms. The van der Waals surface area contributed by atoms with Crippen molar-refractivity contribution >= 4 is 17.9 Å². The van der Waals surface area contributed by atoms with Crippen LogP contribution >= 0.6 is 0 Å². The molecule has 0 radical (unpaired) electrons. The lowest BCUT2D eigenvalue weighted by atomic mass is 10.1. The molecule has 0 spiro atoms. The summed E-state index contributed by atoms with van der Waals surface area (Å²) in [6.45, 7) is 6.82. The summed E-state index contributed by atoms with van der Waals surface area (Å²) in [5.41, 5.74) is 0. The normalized spacial score (nSPS) is 13.0. The van der Waals surface area contributed by atoms with Gasteiger partial charge in [-0.05, 0) is 39.0 Å². The molecule has 0 aliphatic rings. The van der Waals surface area contributed by atoms with Crippen molar-refractivity contribution in [1.82, 2.24) is 0 Å². The predicted molar refractivity (Wildman–Crippen MR) is 123 cm³/mol. The van der Waals surface area contributed by atoms with E-state index in [0.29, 0.717) is 6.42 Å². The number of allylic oxidation sites excluding steroid dienone is 1. The Morgan fingerprint density at radius 2 is 1.45 bits per heavy atom. The van der Waals surface area contributed by atoms with Gasteiger partial charge in [-0.15, -0.1) is 0 Å². The highest BCUT2D eigenvalue weighted by Crippen LogP contribution is 2.13. The highest BCUT2D eigenvalue weighted by molar-refractivity contribution is 5.69. The van der Waals surface area contributed by atoms with Crippen molar-refractivity contribution in [3.63, 3.8) is 0 Å². The molecule has 0 aliphatic heterocycles. The van der Waals surface area contributed by atoms with Gasteiger partial charge in [0.2, 0.25) is 0 Å². The van der Waals surface area contributed by atoms with Crippen LogP contribution in [0.15, 0.2) is 12.2 Å². The Kier molecular flexibility index (Phi) is 18.9. The van der Waals surface area contributed by atoms with E-state index >= 15 is 0 Å². The van der Waals surface area contributed by atoms with Gasteiger partial charge in [0.15, 0.2) is 0 Å². The Morgan fingerprint density at radius 3 is 2.13 bits per heavy atom. The van der Waals surface area contributed by atoms with Crippen molar-refractivity contribution in [2.75, 3.05) is 6.61 Å². The maximum atomic E-state index is 11.7. The molecule has 0 amide bonds. The van der Waals surface area contributed by atoms with Crippen LogP contribution in [0.3, 0.4) is 0 Å². The van der Waals surface area contributed by atoms with E-state index in [1.54, 1.807) is 6.92 Å². The van der Waals surface area contributed by atoms with Gasteiger partial charge in [0.25, 0.3) is 0 Å². The Balaban J connectivity index is 3.70. The quantitative estimate of drug-likeness (QED) is 0.105. The lowest BCUT2D eigenvalue weighted by Crippen LogP contribution is -2.21. The van der Waals surface area contributed by atoms with Gasteiger partial charge in [0.05, 0.1) is 0 Å². The summed E-state index contributed by atoms with van der Waals surface area (Å²) >= 11 is 0. The van der Waals surface area contributed by atoms with Crippen LogP contribution in [-0.2, 0) is 28.6 Å². The van der Waals surface area contributed by atoms with E-state index in [0.717, 1.165) is 57.8 Å². The highest BCUT2D eigenvalue weighted by Gasteiger charge is 2.10. The van der Waals surface area contributed by atoms with Crippen molar-refractivity contribution < 1.29 is 28.6 Å². The molecule has 0 N–H and O–H groups in total. The summed E-state index contributed by atoms with van der Waals surface area (Å²) < 4.78 is 15.4. The number of carbonyl (C=O) groups excluding carboxylic acids is 3. The van der Waals surface area contributed by atoms with E-state index < -0.39 is 6.10 Å². The fraction of sp³-hybridized carbons (Fsp3) is 0.800. The average molecular weight is 441 g/mol. The zero-order chi connectivity index (χ0) is 23.3. The molecular weight excluding hydrogens is 396 g/mol. The zero-order valence-electron chi connectivity index (χ0n) is 20.2.